The molecule has 0 aliphatic carbocycles. The highest BCUT2D eigenvalue weighted by molar-refractivity contribution is 4.60. The first-order valence-corrected chi connectivity index (χ1v) is 36.2. The van der Waals surface area contributed by atoms with Crippen molar-refractivity contribution >= 4 is 0 Å². The zero-order chi connectivity index (χ0) is 55.7. The fraction of sp³-hybridized carbons (Fsp3) is 1.00. The lowest BCUT2D eigenvalue weighted by molar-refractivity contribution is -0.252. The Hall–Kier alpha value is -0.200. The van der Waals surface area contributed by atoms with E-state index in [1.165, 1.54) is 360 Å². The van der Waals surface area contributed by atoms with Gasteiger partial charge in [0.1, 0.15) is 0 Å². The lowest BCUT2D eigenvalue weighted by Crippen LogP contribution is -2.28. The highest BCUT2D eigenvalue weighted by Crippen LogP contribution is 2.23. The maximum absolute atomic E-state index is 9.47. The van der Waals surface area contributed by atoms with Crippen LogP contribution in [0.25, 0.3) is 0 Å². The van der Waals surface area contributed by atoms with Crippen LogP contribution < -0.4 is 0 Å². The standard InChI is InChI=1S/C72H146O5/c1-5-7-9-11-13-15-17-19-23-29-35-41-47-53-59-69(3)61-55-49-43-37-31-25-21-27-33-39-45-51-57-63-71(75-67-65-73)77-72(76-68-66-74)64-58-52-46-40-34-28-22-26-32-38-44-50-56-62-70(4)60-54-48-42-36-30-24-20-18-16-14-12-10-8-6-2/h69-74H,5-68H2,1-4H3. The van der Waals surface area contributed by atoms with Crippen molar-refractivity contribution in [2.45, 2.75) is 426 Å². The quantitative estimate of drug-likeness (QED) is 0.0469. The molecule has 0 aliphatic rings. The molecule has 0 fully saturated rings. The van der Waals surface area contributed by atoms with Gasteiger partial charge in [0.2, 0.25) is 0 Å². The van der Waals surface area contributed by atoms with Gasteiger partial charge in [-0.3, -0.25) is 0 Å². The van der Waals surface area contributed by atoms with Gasteiger partial charge in [0.05, 0.1) is 26.4 Å². The summed E-state index contributed by atoms with van der Waals surface area (Å²) in [4.78, 5) is 0. The molecule has 0 rings (SSSR count). The molecule has 464 valence electrons. The number of aliphatic hydroxyl groups excluding tert-OH is 2. The van der Waals surface area contributed by atoms with Gasteiger partial charge < -0.3 is 24.4 Å². The Bertz CT molecular complexity index is 945. The summed E-state index contributed by atoms with van der Waals surface area (Å²) in [7, 11) is 0. The molecular formula is C72H146O5. The van der Waals surface area contributed by atoms with Crippen molar-refractivity contribution in [3.63, 3.8) is 0 Å². The molecule has 0 amide bonds. The number of rotatable bonds is 70. The van der Waals surface area contributed by atoms with E-state index in [4.69, 9.17) is 14.2 Å². The summed E-state index contributed by atoms with van der Waals surface area (Å²) < 4.78 is 18.2. The first-order valence-electron chi connectivity index (χ1n) is 36.2. The molecule has 0 radical (unpaired) electrons. The van der Waals surface area contributed by atoms with Crippen LogP contribution in [0.3, 0.4) is 0 Å². The van der Waals surface area contributed by atoms with E-state index in [9.17, 15) is 10.2 Å². The average Bonchev–Trinajstić information content (AvgIpc) is 3.43. The second-order valence-electron chi connectivity index (χ2n) is 25.5. The zero-order valence-corrected chi connectivity index (χ0v) is 53.7. The number of hydrogen-bond acceptors (Lipinski definition) is 5. The van der Waals surface area contributed by atoms with Crippen LogP contribution in [-0.2, 0) is 14.2 Å². The first kappa shape index (κ1) is 76.8. The molecule has 0 spiro atoms. The highest BCUT2D eigenvalue weighted by Gasteiger charge is 2.18. The van der Waals surface area contributed by atoms with Crippen molar-refractivity contribution in [1.29, 1.82) is 0 Å². The summed E-state index contributed by atoms with van der Waals surface area (Å²) >= 11 is 0. The molecule has 5 nitrogen and oxygen atoms in total. The Balaban J connectivity index is 3.71. The minimum absolute atomic E-state index is 0.0000423. The fourth-order valence-electron chi connectivity index (χ4n) is 12.1. The van der Waals surface area contributed by atoms with Crippen molar-refractivity contribution in [3.8, 4) is 0 Å². The van der Waals surface area contributed by atoms with Crippen LogP contribution >= 0.6 is 0 Å². The Kier molecular flexibility index (Phi) is 68.1. The van der Waals surface area contributed by atoms with Gasteiger partial charge >= 0.3 is 0 Å². The number of aliphatic hydroxyl groups is 2. The molecule has 0 saturated carbocycles. The van der Waals surface area contributed by atoms with Crippen molar-refractivity contribution in [3.05, 3.63) is 0 Å². The summed E-state index contributed by atoms with van der Waals surface area (Å²) in [6, 6.07) is 0. The minimum atomic E-state index is -0.356. The van der Waals surface area contributed by atoms with Crippen LogP contribution in [0.15, 0.2) is 0 Å². The van der Waals surface area contributed by atoms with E-state index in [0.717, 1.165) is 37.5 Å². The zero-order valence-electron chi connectivity index (χ0n) is 53.7. The second kappa shape index (κ2) is 68.3. The van der Waals surface area contributed by atoms with E-state index in [1.807, 2.05) is 0 Å². The molecule has 4 atom stereocenters. The molecule has 4 unspecified atom stereocenters. The summed E-state index contributed by atoms with van der Waals surface area (Å²) in [5.41, 5.74) is 0. The van der Waals surface area contributed by atoms with Gasteiger partial charge in [0.25, 0.3) is 0 Å². The third-order valence-corrected chi connectivity index (χ3v) is 17.5. The van der Waals surface area contributed by atoms with Crippen LogP contribution in [-0.4, -0.2) is 49.2 Å². The van der Waals surface area contributed by atoms with Gasteiger partial charge in [-0.25, -0.2) is 0 Å². The summed E-state index contributed by atoms with van der Waals surface area (Å²) in [5, 5.41) is 18.9. The highest BCUT2D eigenvalue weighted by atomic mass is 16.8. The van der Waals surface area contributed by atoms with E-state index in [1.54, 1.807) is 0 Å². The van der Waals surface area contributed by atoms with Crippen molar-refractivity contribution in [1.82, 2.24) is 0 Å². The predicted octanol–water partition coefficient (Wildman–Crippen LogP) is 24.4. The van der Waals surface area contributed by atoms with Crippen LogP contribution in [0, 0.1) is 11.8 Å². The van der Waals surface area contributed by atoms with Crippen molar-refractivity contribution in [2.75, 3.05) is 26.4 Å². The normalized spacial score (nSPS) is 13.5. The van der Waals surface area contributed by atoms with E-state index < -0.39 is 0 Å². The van der Waals surface area contributed by atoms with Crippen molar-refractivity contribution < 1.29 is 24.4 Å². The second-order valence-corrected chi connectivity index (χ2v) is 25.5. The van der Waals surface area contributed by atoms with Gasteiger partial charge in [-0.2, -0.15) is 0 Å². The van der Waals surface area contributed by atoms with E-state index >= 15 is 0 Å². The average molecular weight is 1090 g/mol. The molecular weight excluding hydrogens is 945 g/mol. The van der Waals surface area contributed by atoms with Crippen LogP contribution in [0.2, 0.25) is 0 Å². The SMILES string of the molecule is CCCCCCCCCCCCCCCCC(C)CCCCCCCCCCCCCCCC(OCCO)OC(CCCCCCCCCCCCCCCC(C)CCCCCCCCCCCCCCCC)OCCO. The first-order chi connectivity index (χ1) is 38.1. The molecule has 0 aromatic heterocycles. The number of unbranched alkanes of at least 4 members (excludes halogenated alkanes) is 50. The Morgan fingerprint density at radius 1 is 0.221 bits per heavy atom. The third-order valence-electron chi connectivity index (χ3n) is 17.5. The number of hydrogen-bond donors (Lipinski definition) is 2. The fourth-order valence-corrected chi connectivity index (χ4v) is 12.1. The van der Waals surface area contributed by atoms with Gasteiger partial charge in [0.15, 0.2) is 12.6 Å². The van der Waals surface area contributed by atoms with Gasteiger partial charge in [-0.05, 0) is 37.5 Å². The molecule has 0 saturated heterocycles. The van der Waals surface area contributed by atoms with E-state index in [0.29, 0.717) is 0 Å². The summed E-state index contributed by atoms with van der Waals surface area (Å²) in [6.45, 7) is 10.2. The molecule has 0 aromatic rings. The Morgan fingerprint density at radius 3 is 0.545 bits per heavy atom. The molecule has 0 aromatic carbocycles. The topological polar surface area (TPSA) is 68.2 Å². The maximum atomic E-state index is 9.47. The summed E-state index contributed by atoms with van der Waals surface area (Å²) in [5.74, 6) is 1.85. The molecule has 0 aliphatic heterocycles. The number of ether oxygens (including phenoxy) is 3. The van der Waals surface area contributed by atoms with Gasteiger partial charge in [-0.1, -0.05) is 387 Å². The van der Waals surface area contributed by atoms with E-state index in [-0.39, 0.29) is 39.0 Å². The Morgan fingerprint density at radius 2 is 0.377 bits per heavy atom. The van der Waals surface area contributed by atoms with Crippen LogP contribution in [0.1, 0.15) is 413 Å². The van der Waals surface area contributed by atoms with Crippen LogP contribution in [0.4, 0.5) is 0 Å². The maximum Gasteiger partial charge on any atom is 0.160 e. The minimum Gasteiger partial charge on any atom is -0.394 e. The molecule has 0 heterocycles. The summed E-state index contributed by atoms with van der Waals surface area (Å²) in [6.07, 6.45) is 82.7. The monoisotopic (exact) mass is 1090 g/mol. The van der Waals surface area contributed by atoms with Crippen LogP contribution in [0.5, 0.6) is 0 Å². The lowest BCUT2D eigenvalue weighted by Gasteiger charge is -2.25. The molecule has 5 heteroatoms. The molecule has 2 N–H and O–H groups in total. The van der Waals surface area contributed by atoms with Crippen molar-refractivity contribution in [2.24, 2.45) is 11.8 Å². The predicted molar refractivity (Wildman–Crippen MR) is 341 cm³/mol. The Labute approximate surface area is 486 Å². The third kappa shape index (κ3) is 64.8. The van der Waals surface area contributed by atoms with E-state index in [2.05, 4.69) is 27.7 Å². The van der Waals surface area contributed by atoms with Gasteiger partial charge in [-0.15, -0.1) is 0 Å². The van der Waals surface area contributed by atoms with Gasteiger partial charge in [0, 0.05) is 0 Å². The molecule has 0 bridgehead atoms. The molecule has 77 heavy (non-hydrogen) atoms. The smallest absolute Gasteiger partial charge is 0.160 e. The largest absolute Gasteiger partial charge is 0.394 e. The lowest BCUT2D eigenvalue weighted by atomic mass is 9.95.